The molecule has 4 rings (SSSR count). The van der Waals surface area contributed by atoms with Gasteiger partial charge in [0.25, 0.3) is 0 Å². The second-order valence-electron chi connectivity index (χ2n) is 8.76. The molecule has 32 heavy (non-hydrogen) atoms. The fourth-order valence-electron chi connectivity index (χ4n) is 4.34. The maximum absolute atomic E-state index is 13.0. The molecule has 166 valence electrons. The van der Waals surface area contributed by atoms with Crippen LogP contribution in [0.25, 0.3) is 0 Å². The summed E-state index contributed by atoms with van der Waals surface area (Å²) in [6.45, 7) is 3.90. The molecule has 0 aliphatic carbocycles. The number of carbonyl (C=O) groups is 1. The van der Waals surface area contributed by atoms with Crippen molar-refractivity contribution in [2.24, 2.45) is 0 Å². The van der Waals surface area contributed by atoms with Gasteiger partial charge in [-0.25, -0.2) is 0 Å². The SMILES string of the molecule is CC(C(=O)c1ccc(OCc2ccccc2)cc1)N1CCC(O)(Cc2ccccc2)CC1. The zero-order valence-corrected chi connectivity index (χ0v) is 18.6. The summed E-state index contributed by atoms with van der Waals surface area (Å²) < 4.78 is 5.83. The minimum Gasteiger partial charge on any atom is -0.489 e. The van der Waals surface area contributed by atoms with Gasteiger partial charge in [0.1, 0.15) is 12.4 Å². The molecule has 0 spiro atoms. The zero-order chi connectivity index (χ0) is 22.4. The molecule has 1 saturated heterocycles. The van der Waals surface area contributed by atoms with Crippen molar-refractivity contribution < 1.29 is 14.6 Å². The number of hydrogen-bond acceptors (Lipinski definition) is 4. The summed E-state index contributed by atoms with van der Waals surface area (Å²) in [5.41, 5.74) is 2.26. The van der Waals surface area contributed by atoms with Crippen molar-refractivity contribution in [3.05, 3.63) is 102 Å². The molecule has 1 aliphatic rings. The summed E-state index contributed by atoms with van der Waals surface area (Å²) in [4.78, 5) is 15.2. The molecule has 0 saturated carbocycles. The number of carbonyl (C=O) groups excluding carboxylic acids is 1. The van der Waals surface area contributed by atoms with E-state index < -0.39 is 5.60 Å². The van der Waals surface area contributed by atoms with E-state index in [1.807, 2.05) is 79.7 Å². The Hall–Kier alpha value is -2.95. The lowest BCUT2D eigenvalue weighted by atomic mass is 9.84. The Kier molecular flexibility index (Phi) is 7.03. The second-order valence-corrected chi connectivity index (χ2v) is 8.76. The summed E-state index contributed by atoms with van der Waals surface area (Å²) in [6.07, 6.45) is 2.01. The molecule has 1 aliphatic heterocycles. The fourth-order valence-corrected chi connectivity index (χ4v) is 4.34. The van der Waals surface area contributed by atoms with Gasteiger partial charge in [-0.3, -0.25) is 9.69 Å². The highest BCUT2D eigenvalue weighted by molar-refractivity contribution is 5.99. The monoisotopic (exact) mass is 429 g/mol. The molecule has 1 atom stereocenters. The highest BCUT2D eigenvalue weighted by atomic mass is 16.5. The van der Waals surface area contributed by atoms with E-state index in [4.69, 9.17) is 4.74 Å². The topological polar surface area (TPSA) is 49.8 Å². The summed E-state index contributed by atoms with van der Waals surface area (Å²) in [5, 5.41) is 11.0. The molecule has 0 radical (unpaired) electrons. The van der Waals surface area contributed by atoms with Gasteiger partial charge < -0.3 is 9.84 Å². The van der Waals surface area contributed by atoms with Gasteiger partial charge in [-0.2, -0.15) is 0 Å². The predicted molar refractivity (Wildman–Crippen MR) is 127 cm³/mol. The number of piperidine rings is 1. The standard InChI is InChI=1S/C28H31NO3/c1-22(29-18-16-28(31,17-19-29)20-23-8-4-2-5-9-23)27(30)25-12-14-26(15-13-25)32-21-24-10-6-3-7-11-24/h2-15,22,31H,16-21H2,1H3. The molecule has 4 nitrogen and oxygen atoms in total. The van der Waals surface area contributed by atoms with Crippen LogP contribution in [0, 0.1) is 0 Å². The molecular weight excluding hydrogens is 398 g/mol. The first kappa shape index (κ1) is 22.3. The summed E-state index contributed by atoms with van der Waals surface area (Å²) in [6, 6.07) is 27.3. The van der Waals surface area contributed by atoms with E-state index in [0.29, 0.717) is 44.5 Å². The first-order valence-electron chi connectivity index (χ1n) is 11.3. The van der Waals surface area contributed by atoms with Crippen molar-refractivity contribution in [3.63, 3.8) is 0 Å². The van der Waals surface area contributed by atoms with Crippen LogP contribution in [0.15, 0.2) is 84.9 Å². The van der Waals surface area contributed by atoms with E-state index >= 15 is 0 Å². The number of benzene rings is 3. The molecule has 1 unspecified atom stereocenters. The molecular formula is C28H31NO3. The van der Waals surface area contributed by atoms with E-state index in [-0.39, 0.29) is 11.8 Å². The molecule has 0 amide bonds. The van der Waals surface area contributed by atoms with E-state index in [9.17, 15) is 9.90 Å². The Morgan fingerprint density at radius 3 is 2.06 bits per heavy atom. The number of ether oxygens (including phenoxy) is 1. The second kappa shape index (κ2) is 10.1. The van der Waals surface area contributed by atoms with Gasteiger partial charge in [-0.1, -0.05) is 60.7 Å². The fraction of sp³-hybridized carbons (Fsp3) is 0.321. The van der Waals surface area contributed by atoms with E-state index in [0.717, 1.165) is 16.9 Å². The third kappa shape index (κ3) is 5.64. The third-order valence-electron chi connectivity index (χ3n) is 6.42. The normalized spacial score (nSPS) is 16.9. The van der Waals surface area contributed by atoms with Gasteiger partial charge in [0.2, 0.25) is 0 Å². The highest BCUT2D eigenvalue weighted by Gasteiger charge is 2.35. The van der Waals surface area contributed by atoms with Gasteiger partial charge in [0.05, 0.1) is 11.6 Å². The van der Waals surface area contributed by atoms with Crippen molar-refractivity contribution in [3.8, 4) is 5.75 Å². The van der Waals surface area contributed by atoms with Gasteiger partial charge >= 0.3 is 0 Å². The largest absolute Gasteiger partial charge is 0.489 e. The summed E-state index contributed by atoms with van der Waals surface area (Å²) in [7, 11) is 0. The Bertz CT molecular complexity index is 994. The van der Waals surface area contributed by atoms with Crippen LogP contribution < -0.4 is 4.74 Å². The van der Waals surface area contributed by atoms with Gasteiger partial charge in [-0.05, 0) is 55.2 Å². The lowest BCUT2D eigenvalue weighted by molar-refractivity contribution is -0.0267. The highest BCUT2D eigenvalue weighted by Crippen LogP contribution is 2.28. The average molecular weight is 430 g/mol. The average Bonchev–Trinajstić information content (AvgIpc) is 2.84. The van der Waals surface area contributed by atoms with Crippen molar-refractivity contribution in [1.29, 1.82) is 0 Å². The molecule has 0 bridgehead atoms. The zero-order valence-electron chi connectivity index (χ0n) is 18.6. The first-order valence-corrected chi connectivity index (χ1v) is 11.3. The minimum absolute atomic E-state index is 0.105. The van der Waals surface area contributed by atoms with E-state index in [1.54, 1.807) is 0 Å². The summed E-state index contributed by atoms with van der Waals surface area (Å²) in [5.74, 6) is 0.857. The number of aliphatic hydroxyl groups is 1. The van der Waals surface area contributed by atoms with E-state index in [2.05, 4.69) is 17.0 Å². The molecule has 4 heteroatoms. The molecule has 1 fully saturated rings. The third-order valence-corrected chi connectivity index (χ3v) is 6.42. The number of nitrogens with zero attached hydrogens (tertiary/aromatic N) is 1. The lowest BCUT2D eigenvalue weighted by Crippen LogP contribution is -2.50. The number of Topliss-reactive ketones (excluding diaryl/α,β-unsaturated/α-hetero) is 1. The molecule has 3 aromatic carbocycles. The molecule has 3 aromatic rings. The molecule has 0 aromatic heterocycles. The molecule has 1 N–H and O–H groups in total. The van der Waals surface area contributed by atoms with Crippen molar-refractivity contribution >= 4 is 5.78 Å². The van der Waals surface area contributed by atoms with Gasteiger partial charge in [0, 0.05) is 25.1 Å². The van der Waals surface area contributed by atoms with Crippen LogP contribution in [0.5, 0.6) is 5.75 Å². The smallest absolute Gasteiger partial charge is 0.179 e. The van der Waals surface area contributed by atoms with Crippen LogP contribution in [-0.2, 0) is 13.0 Å². The Morgan fingerprint density at radius 1 is 0.906 bits per heavy atom. The van der Waals surface area contributed by atoms with Crippen LogP contribution in [-0.4, -0.2) is 40.5 Å². The number of ketones is 1. The van der Waals surface area contributed by atoms with Crippen molar-refractivity contribution in [1.82, 2.24) is 4.90 Å². The van der Waals surface area contributed by atoms with Gasteiger partial charge in [-0.15, -0.1) is 0 Å². The maximum Gasteiger partial charge on any atom is 0.179 e. The number of rotatable bonds is 8. The van der Waals surface area contributed by atoms with Crippen LogP contribution >= 0.6 is 0 Å². The van der Waals surface area contributed by atoms with Crippen LogP contribution in [0.1, 0.15) is 41.3 Å². The quantitative estimate of drug-likeness (QED) is 0.517. The summed E-state index contributed by atoms with van der Waals surface area (Å²) >= 11 is 0. The Balaban J connectivity index is 1.30. The maximum atomic E-state index is 13.0. The van der Waals surface area contributed by atoms with E-state index in [1.165, 1.54) is 0 Å². The Morgan fingerprint density at radius 2 is 1.47 bits per heavy atom. The number of hydrogen-bond donors (Lipinski definition) is 1. The molecule has 1 heterocycles. The van der Waals surface area contributed by atoms with Crippen molar-refractivity contribution in [2.75, 3.05) is 13.1 Å². The first-order chi connectivity index (χ1) is 15.5. The van der Waals surface area contributed by atoms with Crippen LogP contribution in [0.4, 0.5) is 0 Å². The van der Waals surface area contributed by atoms with Gasteiger partial charge in [0.15, 0.2) is 5.78 Å². The minimum atomic E-state index is -0.696. The number of likely N-dealkylation sites (tertiary alicyclic amines) is 1. The lowest BCUT2D eigenvalue weighted by Gasteiger charge is -2.40. The van der Waals surface area contributed by atoms with Crippen LogP contribution in [0.3, 0.4) is 0 Å². The Labute approximate surface area is 190 Å². The predicted octanol–water partition coefficient (Wildman–Crippen LogP) is 4.91. The van der Waals surface area contributed by atoms with Crippen molar-refractivity contribution in [2.45, 2.75) is 44.4 Å². The van der Waals surface area contributed by atoms with Crippen LogP contribution in [0.2, 0.25) is 0 Å².